The SMILES string of the molecule is CC12CCC(O)CC1=CCC1C2CCC2(C)C3C4CCC3OC12C(O)O4. The van der Waals surface area contributed by atoms with Crippen LogP contribution < -0.4 is 0 Å². The Bertz CT molecular complexity index is 675. The van der Waals surface area contributed by atoms with E-state index in [4.69, 9.17) is 9.47 Å². The van der Waals surface area contributed by atoms with Gasteiger partial charge in [-0.05, 0) is 62.7 Å². The number of hydrogen-bond acceptors (Lipinski definition) is 4. The maximum atomic E-state index is 11.2. The lowest BCUT2D eigenvalue weighted by Gasteiger charge is -2.64. The Morgan fingerprint density at radius 1 is 1.00 bits per heavy atom. The van der Waals surface area contributed by atoms with E-state index < -0.39 is 11.9 Å². The molecule has 4 aliphatic carbocycles. The largest absolute Gasteiger partial charge is 0.393 e. The molecule has 0 aromatic rings. The van der Waals surface area contributed by atoms with Crippen LogP contribution in [0.3, 0.4) is 0 Å². The average Bonchev–Trinajstić information content (AvgIpc) is 3.07. The van der Waals surface area contributed by atoms with Gasteiger partial charge in [0.05, 0.1) is 18.3 Å². The van der Waals surface area contributed by atoms with Gasteiger partial charge < -0.3 is 19.7 Å². The Balaban J connectivity index is 1.47. The first-order valence-electron chi connectivity index (χ1n) is 10.8. The minimum absolute atomic E-state index is 0.0353. The molecule has 2 aliphatic heterocycles. The van der Waals surface area contributed by atoms with E-state index in [1.54, 1.807) is 0 Å². The summed E-state index contributed by atoms with van der Waals surface area (Å²) in [6.45, 7) is 4.81. The summed E-state index contributed by atoms with van der Waals surface area (Å²) in [6.07, 6.45) is 10.1. The van der Waals surface area contributed by atoms with Crippen molar-refractivity contribution in [3.05, 3.63) is 11.6 Å². The summed E-state index contributed by atoms with van der Waals surface area (Å²) in [5, 5.41) is 21.4. The van der Waals surface area contributed by atoms with Crippen molar-refractivity contribution in [2.24, 2.45) is 28.6 Å². The zero-order valence-electron chi connectivity index (χ0n) is 16.0. The zero-order chi connectivity index (χ0) is 17.9. The molecule has 26 heavy (non-hydrogen) atoms. The summed E-state index contributed by atoms with van der Waals surface area (Å²) in [5.41, 5.74) is 1.10. The van der Waals surface area contributed by atoms with E-state index >= 15 is 0 Å². The zero-order valence-corrected chi connectivity index (χ0v) is 16.0. The first-order chi connectivity index (χ1) is 12.4. The van der Waals surface area contributed by atoms with Gasteiger partial charge in [0.1, 0.15) is 5.60 Å². The molecule has 6 aliphatic rings. The molecule has 0 amide bonds. The van der Waals surface area contributed by atoms with Crippen LogP contribution in [0.5, 0.6) is 0 Å². The summed E-state index contributed by atoms with van der Waals surface area (Å²) in [4.78, 5) is 0. The van der Waals surface area contributed by atoms with Gasteiger partial charge in [0.15, 0.2) is 6.29 Å². The molecule has 6 rings (SSSR count). The number of aliphatic hydroxyl groups excluding tert-OH is 2. The normalized spacial score (nSPS) is 62.9. The van der Waals surface area contributed by atoms with Gasteiger partial charge in [0.25, 0.3) is 0 Å². The second-order valence-electron chi connectivity index (χ2n) is 10.5. The van der Waals surface area contributed by atoms with Crippen LogP contribution in [0.4, 0.5) is 0 Å². The average molecular weight is 360 g/mol. The summed E-state index contributed by atoms with van der Waals surface area (Å²) >= 11 is 0. The van der Waals surface area contributed by atoms with Crippen molar-refractivity contribution in [2.75, 3.05) is 0 Å². The Kier molecular flexibility index (Phi) is 3.14. The molecular weight excluding hydrogens is 328 g/mol. The van der Waals surface area contributed by atoms with Gasteiger partial charge in [-0.25, -0.2) is 0 Å². The monoisotopic (exact) mass is 360 g/mol. The van der Waals surface area contributed by atoms with E-state index in [2.05, 4.69) is 19.9 Å². The van der Waals surface area contributed by atoms with Crippen LogP contribution in [0.2, 0.25) is 0 Å². The summed E-state index contributed by atoms with van der Waals surface area (Å²) in [7, 11) is 0. The maximum absolute atomic E-state index is 11.2. The van der Waals surface area contributed by atoms with Gasteiger partial charge in [0, 0.05) is 17.3 Å². The van der Waals surface area contributed by atoms with Crippen molar-refractivity contribution in [1.29, 1.82) is 0 Å². The summed E-state index contributed by atoms with van der Waals surface area (Å²) < 4.78 is 13.0. The molecule has 2 bridgehead atoms. The van der Waals surface area contributed by atoms with Crippen molar-refractivity contribution in [2.45, 2.75) is 95.4 Å². The third-order valence-electron chi connectivity index (χ3n) is 9.82. The minimum Gasteiger partial charge on any atom is -0.393 e. The highest BCUT2D eigenvalue weighted by Crippen LogP contribution is 2.73. The van der Waals surface area contributed by atoms with E-state index in [0.29, 0.717) is 17.8 Å². The number of allylic oxidation sites excluding steroid dienone is 1. The first-order valence-corrected chi connectivity index (χ1v) is 10.8. The number of aliphatic hydroxyl groups is 2. The lowest BCUT2D eigenvalue weighted by Crippen LogP contribution is -2.70. The number of fused-ring (bicyclic) bond motifs is 3. The third-order valence-corrected chi connectivity index (χ3v) is 9.82. The van der Waals surface area contributed by atoms with Crippen LogP contribution in [0, 0.1) is 28.6 Å². The van der Waals surface area contributed by atoms with Crippen LogP contribution in [-0.4, -0.2) is 40.4 Å². The summed E-state index contributed by atoms with van der Waals surface area (Å²) in [5.74, 6) is 1.31. The smallest absolute Gasteiger partial charge is 0.185 e. The molecule has 5 fully saturated rings. The van der Waals surface area contributed by atoms with Crippen LogP contribution in [0.15, 0.2) is 11.6 Å². The van der Waals surface area contributed by atoms with Crippen LogP contribution in [0.25, 0.3) is 0 Å². The molecule has 10 atom stereocenters. The topological polar surface area (TPSA) is 58.9 Å². The van der Waals surface area contributed by atoms with E-state index in [9.17, 15) is 10.2 Å². The van der Waals surface area contributed by atoms with Gasteiger partial charge in [-0.1, -0.05) is 25.5 Å². The van der Waals surface area contributed by atoms with E-state index in [1.165, 1.54) is 12.0 Å². The lowest BCUT2D eigenvalue weighted by molar-refractivity contribution is -0.334. The molecule has 144 valence electrons. The molecule has 3 saturated carbocycles. The van der Waals surface area contributed by atoms with Crippen molar-refractivity contribution in [3.63, 3.8) is 0 Å². The standard InChI is InChI=1S/C22H32O4/c1-20-9-7-13(23)11-12(20)3-4-15-14(20)8-10-21(2)18-16-5-6-17(18)26-22(15,21)19(24)25-16/h3,13-19,23-24H,4-11H2,1-2H3. The van der Waals surface area contributed by atoms with Crippen molar-refractivity contribution in [1.82, 2.24) is 0 Å². The molecule has 4 heteroatoms. The highest BCUT2D eigenvalue weighted by atomic mass is 16.7. The van der Waals surface area contributed by atoms with Gasteiger partial charge >= 0.3 is 0 Å². The van der Waals surface area contributed by atoms with Crippen molar-refractivity contribution >= 4 is 0 Å². The number of rotatable bonds is 0. The van der Waals surface area contributed by atoms with E-state index in [1.807, 2.05) is 0 Å². The van der Waals surface area contributed by atoms with Crippen LogP contribution >= 0.6 is 0 Å². The fourth-order valence-corrected chi connectivity index (χ4v) is 8.62. The van der Waals surface area contributed by atoms with Gasteiger partial charge in [-0.3, -0.25) is 0 Å². The Morgan fingerprint density at radius 2 is 1.81 bits per heavy atom. The molecule has 0 aromatic carbocycles. The molecule has 2 saturated heterocycles. The molecule has 10 unspecified atom stereocenters. The summed E-state index contributed by atoms with van der Waals surface area (Å²) in [6, 6.07) is 0. The molecule has 0 spiro atoms. The molecule has 2 heterocycles. The van der Waals surface area contributed by atoms with Crippen LogP contribution in [-0.2, 0) is 9.47 Å². The van der Waals surface area contributed by atoms with Gasteiger partial charge in [-0.15, -0.1) is 0 Å². The Morgan fingerprint density at radius 3 is 2.65 bits per heavy atom. The molecule has 0 radical (unpaired) electrons. The van der Waals surface area contributed by atoms with Gasteiger partial charge in [0.2, 0.25) is 0 Å². The maximum Gasteiger partial charge on any atom is 0.185 e. The quantitative estimate of drug-likeness (QED) is 0.652. The van der Waals surface area contributed by atoms with Crippen LogP contribution in [0.1, 0.15) is 65.2 Å². The fraction of sp³-hybridized carbons (Fsp3) is 0.909. The second kappa shape index (κ2) is 4.94. The highest BCUT2D eigenvalue weighted by Gasteiger charge is 2.77. The number of ether oxygens (including phenoxy) is 2. The fourth-order valence-electron chi connectivity index (χ4n) is 8.62. The Hall–Kier alpha value is -0.420. The van der Waals surface area contributed by atoms with Crippen molar-refractivity contribution < 1.29 is 19.7 Å². The Labute approximate surface area is 155 Å². The molecular formula is C22H32O4. The predicted octanol–water partition coefficient (Wildman–Crippen LogP) is 3.16. The highest BCUT2D eigenvalue weighted by molar-refractivity contribution is 5.30. The number of hydrogen-bond donors (Lipinski definition) is 2. The molecule has 4 nitrogen and oxygen atoms in total. The third kappa shape index (κ3) is 1.64. The predicted molar refractivity (Wildman–Crippen MR) is 96.2 cm³/mol. The molecule has 2 N–H and O–H groups in total. The molecule has 0 aromatic heterocycles. The minimum atomic E-state index is -0.792. The van der Waals surface area contributed by atoms with Crippen molar-refractivity contribution in [3.8, 4) is 0 Å². The lowest BCUT2D eigenvalue weighted by atomic mass is 9.44. The van der Waals surface area contributed by atoms with Gasteiger partial charge in [-0.2, -0.15) is 0 Å². The first kappa shape index (κ1) is 16.5. The van der Waals surface area contributed by atoms with E-state index in [-0.39, 0.29) is 29.1 Å². The second-order valence-corrected chi connectivity index (χ2v) is 10.5. The van der Waals surface area contributed by atoms with E-state index in [0.717, 1.165) is 44.9 Å².